The van der Waals surface area contributed by atoms with Gasteiger partial charge in [0.15, 0.2) is 11.0 Å². The normalized spacial score (nSPS) is 28.7. The van der Waals surface area contributed by atoms with E-state index in [0.717, 1.165) is 25.0 Å². The van der Waals surface area contributed by atoms with Crippen LogP contribution in [0.3, 0.4) is 0 Å². The Hall–Kier alpha value is -1.95. The maximum atomic E-state index is 6.00. The maximum Gasteiger partial charge on any atom is 0.282 e. The molecule has 1 aromatic heterocycles. The first-order valence-electron chi connectivity index (χ1n) is 7.80. The van der Waals surface area contributed by atoms with Crippen molar-refractivity contribution in [1.29, 1.82) is 0 Å². The summed E-state index contributed by atoms with van der Waals surface area (Å²) in [7, 11) is 0. The fraction of sp³-hybridized carbons (Fsp3) is 0.500. The van der Waals surface area contributed by atoms with E-state index in [1.54, 1.807) is 12.4 Å². The van der Waals surface area contributed by atoms with Crippen LogP contribution in [0.25, 0.3) is 0 Å². The molecule has 0 aromatic carbocycles. The molecule has 0 fully saturated rings. The van der Waals surface area contributed by atoms with Gasteiger partial charge in [-0.1, -0.05) is 24.6 Å². The van der Waals surface area contributed by atoms with Crippen molar-refractivity contribution in [3.63, 3.8) is 0 Å². The largest absolute Gasteiger partial charge is 0.463 e. The van der Waals surface area contributed by atoms with Gasteiger partial charge in [-0.2, -0.15) is 0 Å². The van der Waals surface area contributed by atoms with E-state index >= 15 is 0 Å². The highest BCUT2D eigenvalue weighted by Gasteiger charge is 2.24. The van der Waals surface area contributed by atoms with E-state index in [4.69, 9.17) is 22.1 Å². The van der Waals surface area contributed by atoms with E-state index in [0.29, 0.717) is 35.4 Å². The van der Waals surface area contributed by atoms with Crippen molar-refractivity contribution in [3.05, 3.63) is 29.7 Å². The second-order valence-corrected chi connectivity index (χ2v) is 6.35. The highest BCUT2D eigenvalue weighted by Crippen LogP contribution is 2.30. The molecule has 1 aliphatic carbocycles. The summed E-state index contributed by atoms with van der Waals surface area (Å²) in [5, 5.41) is 0.333. The molecule has 0 bridgehead atoms. The van der Waals surface area contributed by atoms with Crippen molar-refractivity contribution in [2.24, 2.45) is 27.6 Å². The molecule has 1 aromatic rings. The molecule has 2 aliphatic rings. The van der Waals surface area contributed by atoms with Gasteiger partial charge in [0.05, 0.1) is 6.04 Å². The Morgan fingerprint density at radius 1 is 1.35 bits per heavy atom. The number of nitrogens with zero attached hydrogens (tertiary/aromatic N) is 4. The number of hydrogen-bond donors (Lipinski definition) is 1. The number of nitrogens with two attached hydrogens (primary N) is 1. The lowest BCUT2D eigenvalue weighted by molar-refractivity contribution is 0.295. The second kappa shape index (κ2) is 7.08. The fourth-order valence-electron chi connectivity index (χ4n) is 2.93. The molecule has 3 atom stereocenters. The van der Waals surface area contributed by atoms with E-state index in [1.165, 1.54) is 0 Å². The van der Waals surface area contributed by atoms with Crippen molar-refractivity contribution in [2.75, 3.05) is 6.61 Å². The minimum atomic E-state index is 0.198. The molecule has 0 saturated heterocycles. The topological polar surface area (TPSA) is 85.8 Å². The Labute approximate surface area is 140 Å². The number of ether oxygens (including phenoxy) is 1. The van der Waals surface area contributed by atoms with Crippen LogP contribution in [0.4, 0.5) is 5.82 Å². The van der Waals surface area contributed by atoms with Gasteiger partial charge in [-0.3, -0.25) is 0 Å². The number of halogens is 1. The Morgan fingerprint density at radius 2 is 2.17 bits per heavy atom. The summed E-state index contributed by atoms with van der Waals surface area (Å²) in [6.07, 6.45) is 10.4. The van der Waals surface area contributed by atoms with Gasteiger partial charge in [-0.15, -0.1) is 0 Å². The molecule has 3 rings (SSSR count). The predicted octanol–water partition coefficient (Wildman–Crippen LogP) is 2.91. The monoisotopic (exact) mass is 333 g/mol. The average Bonchev–Trinajstić information content (AvgIpc) is 2.94. The Bertz CT molecular complexity index is 658. The van der Waals surface area contributed by atoms with Crippen molar-refractivity contribution >= 4 is 29.2 Å². The van der Waals surface area contributed by atoms with Gasteiger partial charge in [0.2, 0.25) is 0 Å². The third-order valence-electron chi connectivity index (χ3n) is 4.25. The minimum Gasteiger partial charge on any atom is -0.463 e. The highest BCUT2D eigenvalue weighted by molar-refractivity contribution is 6.31. The first-order valence-corrected chi connectivity index (χ1v) is 8.18. The summed E-state index contributed by atoms with van der Waals surface area (Å²) >= 11 is 6.00. The summed E-state index contributed by atoms with van der Waals surface area (Å²) in [6.45, 7) is 2.85. The van der Waals surface area contributed by atoms with Crippen LogP contribution < -0.4 is 5.73 Å². The zero-order valence-corrected chi connectivity index (χ0v) is 13.8. The molecular weight excluding hydrogens is 314 g/mol. The van der Waals surface area contributed by atoms with Gasteiger partial charge in [0, 0.05) is 18.1 Å². The van der Waals surface area contributed by atoms with Crippen molar-refractivity contribution in [1.82, 2.24) is 9.97 Å². The van der Waals surface area contributed by atoms with Crippen LogP contribution in [0.15, 0.2) is 34.5 Å². The number of amidine groups is 1. The zero-order chi connectivity index (χ0) is 16.2. The van der Waals surface area contributed by atoms with Gasteiger partial charge in [-0.05, 0) is 37.2 Å². The Kier molecular flexibility index (Phi) is 4.91. The van der Waals surface area contributed by atoms with E-state index in [1.807, 2.05) is 0 Å². The third kappa shape index (κ3) is 4.07. The molecule has 7 heteroatoms. The number of aliphatic imine (C=N–C) groups is 2. The van der Waals surface area contributed by atoms with Gasteiger partial charge in [0.25, 0.3) is 6.02 Å². The number of hydrogen-bond acceptors (Lipinski definition) is 6. The van der Waals surface area contributed by atoms with E-state index < -0.39 is 0 Å². The van der Waals surface area contributed by atoms with Crippen LogP contribution in [0.5, 0.6) is 0 Å². The second-order valence-electron chi connectivity index (χ2n) is 5.99. The first kappa shape index (κ1) is 15.9. The zero-order valence-electron chi connectivity index (χ0n) is 13.0. The van der Waals surface area contributed by atoms with Crippen LogP contribution in [-0.2, 0) is 4.74 Å². The van der Waals surface area contributed by atoms with E-state index in [-0.39, 0.29) is 6.04 Å². The smallest absolute Gasteiger partial charge is 0.282 e. The van der Waals surface area contributed by atoms with Crippen LogP contribution >= 0.6 is 11.6 Å². The quantitative estimate of drug-likeness (QED) is 0.917. The van der Waals surface area contributed by atoms with Gasteiger partial charge in [-0.25, -0.2) is 20.0 Å². The van der Waals surface area contributed by atoms with Crippen LogP contribution in [0.2, 0.25) is 5.15 Å². The highest BCUT2D eigenvalue weighted by atomic mass is 35.5. The summed E-state index contributed by atoms with van der Waals surface area (Å²) in [4.78, 5) is 16.9. The summed E-state index contributed by atoms with van der Waals surface area (Å²) in [6, 6.07) is 0.515. The molecule has 0 saturated carbocycles. The molecule has 0 spiro atoms. The van der Waals surface area contributed by atoms with Crippen molar-refractivity contribution in [2.45, 2.75) is 32.2 Å². The van der Waals surface area contributed by atoms with Gasteiger partial charge < -0.3 is 10.5 Å². The van der Waals surface area contributed by atoms with E-state index in [2.05, 4.69) is 39.0 Å². The lowest BCUT2D eigenvalue weighted by Gasteiger charge is -2.25. The van der Waals surface area contributed by atoms with Crippen LogP contribution in [0.1, 0.15) is 26.2 Å². The number of aromatic nitrogens is 2. The van der Waals surface area contributed by atoms with Crippen LogP contribution in [-0.4, -0.2) is 34.4 Å². The molecular formula is C16H20ClN5O. The minimum absolute atomic E-state index is 0.198. The van der Waals surface area contributed by atoms with E-state index in [9.17, 15) is 0 Å². The lowest BCUT2D eigenvalue weighted by atomic mass is 9.81. The Balaban J connectivity index is 1.61. The molecule has 3 unspecified atom stereocenters. The molecule has 2 heterocycles. The molecule has 6 nitrogen and oxygen atoms in total. The van der Waals surface area contributed by atoms with Crippen molar-refractivity contribution < 1.29 is 4.74 Å². The average molecular weight is 334 g/mol. The summed E-state index contributed by atoms with van der Waals surface area (Å²) in [5.74, 6) is 1.51. The predicted molar refractivity (Wildman–Crippen MR) is 91.1 cm³/mol. The molecule has 122 valence electrons. The lowest BCUT2D eigenvalue weighted by Crippen LogP contribution is -2.20. The standard InChI is InChI=1S/C16H20ClN5O/c1-10-8-12(21-15-14(17)19-6-7-20-15)4-2-11(10)3-5-13-9-23-16(18)22-13/h2,4,6-7,10-11,13H,3,5,8-9H2,1H3,(H2,18,22). The summed E-state index contributed by atoms with van der Waals surface area (Å²) < 4.78 is 5.19. The Morgan fingerprint density at radius 3 is 2.87 bits per heavy atom. The first-order chi connectivity index (χ1) is 11.1. The van der Waals surface area contributed by atoms with Crippen molar-refractivity contribution in [3.8, 4) is 0 Å². The number of rotatable bonds is 4. The van der Waals surface area contributed by atoms with Gasteiger partial charge in [0.1, 0.15) is 6.61 Å². The fourth-order valence-corrected chi connectivity index (χ4v) is 3.08. The number of allylic oxidation sites excluding steroid dienone is 2. The summed E-state index contributed by atoms with van der Waals surface area (Å²) in [5.41, 5.74) is 6.53. The third-order valence-corrected chi connectivity index (χ3v) is 4.52. The SMILES string of the molecule is CC1CC(=Nc2nccnc2Cl)C=CC1CCC1COC(N)=N1. The molecule has 0 radical (unpaired) electrons. The molecule has 23 heavy (non-hydrogen) atoms. The van der Waals surface area contributed by atoms with Gasteiger partial charge >= 0.3 is 0 Å². The maximum absolute atomic E-state index is 6.00. The molecule has 1 aliphatic heterocycles. The molecule has 0 amide bonds. The molecule has 2 N–H and O–H groups in total. The van der Waals surface area contributed by atoms with Crippen LogP contribution in [0, 0.1) is 11.8 Å².